The van der Waals surface area contributed by atoms with E-state index < -0.39 is 0 Å². The summed E-state index contributed by atoms with van der Waals surface area (Å²) in [5.41, 5.74) is 3.89. The second-order valence-electron chi connectivity index (χ2n) is 9.27. The van der Waals surface area contributed by atoms with Crippen molar-refractivity contribution in [2.75, 3.05) is 19.8 Å². The maximum Gasteiger partial charge on any atom is 0.225 e. The number of likely N-dealkylation sites (tertiary alicyclic amines) is 1. The number of rotatable bonds is 4. The molecule has 5 heteroatoms. The Morgan fingerprint density at radius 3 is 2.66 bits per heavy atom. The molecule has 1 amide bonds. The quantitative estimate of drug-likeness (QED) is 0.820. The van der Waals surface area contributed by atoms with Crippen LogP contribution >= 0.6 is 0 Å². The lowest BCUT2D eigenvalue weighted by molar-refractivity contribution is -0.138. The Morgan fingerprint density at radius 2 is 1.86 bits per heavy atom. The summed E-state index contributed by atoms with van der Waals surface area (Å²) in [5, 5.41) is 14.4. The fraction of sp³-hybridized carbons (Fsp3) is 0.625. The van der Waals surface area contributed by atoms with Crippen LogP contribution in [-0.2, 0) is 4.79 Å². The van der Waals surface area contributed by atoms with Gasteiger partial charge in [-0.25, -0.2) is 0 Å². The molecule has 5 nitrogen and oxygen atoms in total. The lowest BCUT2D eigenvalue weighted by Gasteiger charge is -2.37. The molecule has 4 aliphatic rings. The van der Waals surface area contributed by atoms with E-state index in [4.69, 9.17) is 0 Å². The Bertz CT molecular complexity index is 778. The molecular weight excluding hydrogens is 362 g/mol. The van der Waals surface area contributed by atoms with Crippen LogP contribution in [0.5, 0.6) is 0 Å². The van der Waals surface area contributed by atoms with Crippen LogP contribution in [0.25, 0.3) is 5.70 Å². The summed E-state index contributed by atoms with van der Waals surface area (Å²) in [6.07, 6.45) is 10.2. The Balaban J connectivity index is 1.19. The number of aliphatic hydroxyl groups excluding tert-OH is 1. The molecule has 29 heavy (non-hydrogen) atoms. The molecule has 3 heterocycles. The first kappa shape index (κ1) is 19.0. The van der Waals surface area contributed by atoms with Gasteiger partial charge in [-0.3, -0.25) is 4.79 Å². The molecule has 1 saturated heterocycles. The van der Waals surface area contributed by atoms with Gasteiger partial charge in [0.1, 0.15) is 0 Å². The number of carbonyl (C=O) groups is 1. The summed E-state index contributed by atoms with van der Waals surface area (Å²) in [7, 11) is 0. The van der Waals surface area contributed by atoms with Crippen LogP contribution in [0.2, 0.25) is 0 Å². The summed E-state index contributed by atoms with van der Waals surface area (Å²) < 4.78 is 0. The predicted octanol–water partition coefficient (Wildman–Crippen LogP) is 3.47. The second-order valence-corrected chi connectivity index (χ2v) is 9.27. The molecule has 0 aromatic heterocycles. The Labute approximate surface area is 173 Å². The topological polar surface area (TPSA) is 55.8 Å². The fourth-order valence-corrected chi connectivity index (χ4v) is 5.90. The van der Waals surface area contributed by atoms with Gasteiger partial charge in [-0.1, -0.05) is 43.5 Å². The summed E-state index contributed by atoms with van der Waals surface area (Å²) in [6.45, 7) is 2.44. The van der Waals surface area contributed by atoms with Crippen LogP contribution in [-0.4, -0.2) is 46.7 Å². The maximum absolute atomic E-state index is 12.8. The number of hydrogen-bond donors (Lipinski definition) is 2. The summed E-state index contributed by atoms with van der Waals surface area (Å²) in [4.78, 5) is 17.3. The SMILES string of the molecule is O=C(C1CCCCC1)N1CCC(C(O)CC2c3ccccc3C3=CNCN32)CC1. The van der Waals surface area contributed by atoms with Crippen molar-refractivity contribution < 1.29 is 9.90 Å². The van der Waals surface area contributed by atoms with E-state index in [1.54, 1.807) is 0 Å². The number of nitrogens with one attached hydrogen (secondary N) is 1. The first-order chi connectivity index (χ1) is 14.2. The largest absolute Gasteiger partial charge is 0.393 e. The minimum Gasteiger partial charge on any atom is -0.393 e. The van der Waals surface area contributed by atoms with Crippen molar-refractivity contribution in [1.82, 2.24) is 15.1 Å². The molecule has 2 fully saturated rings. The Hall–Kier alpha value is -2.01. The van der Waals surface area contributed by atoms with Gasteiger partial charge in [0.15, 0.2) is 0 Å². The first-order valence-corrected chi connectivity index (χ1v) is 11.5. The lowest BCUT2D eigenvalue weighted by atomic mass is 9.84. The van der Waals surface area contributed by atoms with Crippen molar-refractivity contribution in [3.8, 4) is 0 Å². The molecule has 2 N–H and O–H groups in total. The summed E-state index contributed by atoms with van der Waals surface area (Å²) >= 11 is 0. The number of hydrogen-bond acceptors (Lipinski definition) is 4. The maximum atomic E-state index is 12.8. The predicted molar refractivity (Wildman–Crippen MR) is 114 cm³/mol. The van der Waals surface area contributed by atoms with Gasteiger partial charge in [0.2, 0.25) is 5.91 Å². The molecule has 1 aliphatic carbocycles. The summed E-state index contributed by atoms with van der Waals surface area (Å²) in [6, 6.07) is 8.82. The zero-order valence-electron chi connectivity index (χ0n) is 17.2. The highest BCUT2D eigenvalue weighted by Gasteiger charge is 2.39. The van der Waals surface area contributed by atoms with Gasteiger partial charge in [-0.05, 0) is 43.6 Å². The van der Waals surface area contributed by atoms with E-state index in [1.807, 2.05) is 0 Å². The summed E-state index contributed by atoms with van der Waals surface area (Å²) in [5.74, 6) is 0.925. The fourth-order valence-electron chi connectivity index (χ4n) is 5.90. The third-order valence-corrected chi connectivity index (χ3v) is 7.60. The van der Waals surface area contributed by atoms with E-state index in [2.05, 4.69) is 45.6 Å². The average molecular weight is 396 g/mol. The zero-order chi connectivity index (χ0) is 19.8. The highest BCUT2D eigenvalue weighted by atomic mass is 16.3. The van der Waals surface area contributed by atoms with Crippen LogP contribution < -0.4 is 5.32 Å². The van der Waals surface area contributed by atoms with Gasteiger partial charge >= 0.3 is 0 Å². The van der Waals surface area contributed by atoms with E-state index in [0.717, 1.165) is 51.9 Å². The van der Waals surface area contributed by atoms with Gasteiger partial charge in [0, 0.05) is 30.8 Å². The molecule has 0 bridgehead atoms. The smallest absolute Gasteiger partial charge is 0.225 e. The van der Waals surface area contributed by atoms with Gasteiger partial charge < -0.3 is 20.2 Å². The highest BCUT2D eigenvalue weighted by molar-refractivity contribution is 5.79. The Kier molecular flexibility index (Phi) is 5.25. The van der Waals surface area contributed by atoms with Crippen molar-refractivity contribution in [3.05, 3.63) is 41.6 Å². The minimum atomic E-state index is -0.320. The molecule has 2 unspecified atom stereocenters. The molecule has 1 aromatic rings. The van der Waals surface area contributed by atoms with Gasteiger partial charge in [-0.15, -0.1) is 0 Å². The van der Waals surface area contributed by atoms with Crippen molar-refractivity contribution in [2.45, 2.75) is 63.5 Å². The van der Waals surface area contributed by atoms with Crippen LogP contribution in [0.4, 0.5) is 0 Å². The number of benzene rings is 1. The van der Waals surface area contributed by atoms with Crippen LogP contribution in [0.3, 0.4) is 0 Å². The van der Waals surface area contributed by atoms with Crippen molar-refractivity contribution in [1.29, 1.82) is 0 Å². The van der Waals surface area contributed by atoms with Gasteiger partial charge in [-0.2, -0.15) is 0 Å². The third kappa shape index (κ3) is 3.54. The lowest BCUT2D eigenvalue weighted by Crippen LogP contribution is -2.44. The number of nitrogens with zero attached hydrogens (tertiary/aromatic N) is 2. The van der Waals surface area contributed by atoms with Crippen LogP contribution in [0, 0.1) is 11.8 Å². The molecule has 3 aliphatic heterocycles. The van der Waals surface area contributed by atoms with E-state index in [-0.39, 0.29) is 18.1 Å². The number of amides is 1. The standard InChI is InChI=1S/C24H33N3O2/c28-23(14-21-19-8-4-5-9-20(19)22-15-25-16-27(21)22)17-10-12-26(13-11-17)24(29)18-6-2-1-3-7-18/h4-5,8-9,15,17-18,21,23,25,28H,1-3,6-7,10-14,16H2. The molecule has 156 valence electrons. The van der Waals surface area contributed by atoms with Crippen molar-refractivity contribution in [3.63, 3.8) is 0 Å². The van der Waals surface area contributed by atoms with E-state index in [0.29, 0.717) is 11.8 Å². The second kappa shape index (κ2) is 8.02. The number of carbonyl (C=O) groups excluding carboxylic acids is 1. The van der Waals surface area contributed by atoms with Crippen LogP contribution in [0.15, 0.2) is 30.5 Å². The van der Waals surface area contributed by atoms with Gasteiger partial charge in [0.05, 0.1) is 24.5 Å². The van der Waals surface area contributed by atoms with Crippen molar-refractivity contribution >= 4 is 11.6 Å². The van der Waals surface area contributed by atoms with Gasteiger partial charge in [0.25, 0.3) is 0 Å². The van der Waals surface area contributed by atoms with Crippen LogP contribution in [0.1, 0.15) is 68.5 Å². The van der Waals surface area contributed by atoms with E-state index in [9.17, 15) is 9.90 Å². The molecule has 0 radical (unpaired) electrons. The zero-order valence-corrected chi connectivity index (χ0v) is 17.2. The number of piperidine rings is 1. The number of fused-ring (bicyclic) bond motifs is 3. The van der Waals surface area contributed by atoms with Crippen molar-refractivity contribution in [2.24, 2.45) is 11.8 Å². The minimum absolute atomic E-state index is 0.240. The molecule has 2 atom stereocenters. The van der Waals surface area contributed by atoms with E-state index in [1.165, 1.54) is 36.1 Å². The monoisotopic (exact) mass is 395 g/mol. The normalized spacial score (nSPS) is 26.0. The molecular formula is C24H33N3O2. The third-order valence-electron chi connectivity index (χ3n) is 7.60. The average Bonchev–Trinajstić information content (AvgIpc) is 3.37. The molecule has 1 saturated carbocycles. The Morgan fingerprint density at radius 1 is 1.10 bits per heavy atom. The highest BCUT2D eigenvalue weighted by Crippen LogP contribution is 2.45. The first-order valence-electron chi connectivity index (χ1n) is 11.5. The molecule has 5 rings (SSSR count). The molecule has 0 spiro atoms. The molecule has 1 aromatic carbocycles. The number of aliphatic hydroxyl groups is 1. The van der Waals surface area contributed by atoms with E-state index >= 15 is 0 Å².